The molecule has 1 aromatic rings. The molecule has 1 aliphatic rings. The van der Waals surface area contributed by atoms with Crippen LogP contribution in [0.15, 0.2) is 17.5 Å². The zero-order valence-corrected chi connectivity index (χ0v) is 11.4. The molecule has 3 atom stereocenters. The van der Waals surface area contributed by atoms with Crippen LogP contribution in [0.3, 0.4) is 0 Å². The molecule has 2 rings (SSSR count). The van der Waals surface area contributed by atoms with Crippen LogP contribution in [-0.4, -0.2) is 18.0 Å². The van der Waals surface area contributed by atoms with Crippen LogP contribution in [0.2, 0.25) is 0 Å². The molecule has 1 aromatic heterocycles. The van der Waals surface area contributed by atoms with E-state index in [4.69, 9.17) is 0 Å². The first-order valence-electron chi connectivity index (χ1n) is 6.33. The summed E-state index contributed by atoms with van der Waals surface area (Å²) in [5.41, 5.74) is 0. The average Bonchev–Trinajstić information content (AvgIpc) is 2.81. The van der Waals surface area contributed by atoms with Gasteiger partial charge in [0.1, 0.15) is 0 Å². The highest BCUT2D eigenvalue weighted by Crippen LogP contribution is 2.32. The lowest BCUT2D eigenvalue weighted by Gasteiger charge is -2.37. The van der Waals surface area contributed by atoms with Crippen LogP contribution in [-0.2, 0) is 6.54 Å². The van der Waals surface area contributed by atoms with E-state index >= 15 is 0 Å². The predicted octanol–water partition coefficient (Wildman–Crippen LogP) is 3.51. The van der Waals surface area contributed by atoms with E-state index in [9.17, 15) is 5.26 Å². The fourth-order valence-electron chi connectivity index (χ4n) is 2.75. The van der Waals surface area contributed by atoms with Crippen LogP contribution in [0.4, 0.5) is 0 Å². The summed E-state index contributed by atoms with van der Waals surface area (Å²) in [6, 6.07) is 7.20. The Labute approximate surface area is 108 Å². The van der Waals surface area contributed by atoms with Crippen molar-refractivity contribution in [3.05, 3.63) is 22.4 Å². The average molecular weight is 248 g/mol. The Kier molecular flexibility index (Phi) is 4.20. The first-order valence-corrected chi connectivity index (χ1v) is 7.21. The fourth-order valence-corrected chi connectivity index (χ4v) is 3.52. The first-order chi connectivity index (χ1) is 8.20. The van der Waals surface area contributed by atoms with Crippen LogP contribution in [0.1, 0.15) is 31.1 Å². The molecule has 0 aromatic carbocycles. The van der Waals surface area contributed by atoms with Crippen LogP contribution < -0.4 is 0 Å². The van der Waals surface area contributed by atoms with Gasteiger partial charge in [-0.2, -0.15) is 5.26 Å². The molecule has 0 aliphatic heterocycles. The molecule has 0 radical (unpaired) electrons. The van der Waals surface area contributed by atoms with Crippen molar-refractivity contribution >= 4 is 11.3 Å². The Hall–Kier alpha value is -0.850. The molecule has 0 amide bonds. The van der Waals surface area contributed by atoms with E-state index in [2.05, 4.69) is 42.5 Å². The van der Waals surface area contributed by atoms with E-state index in [-0.39, 0.29) is 5.92 Å². The van der Waals surface area contributed by atoms with Gasteiger partial charge in [0.25, 0.3) is 0 Å². The number of hydrogen-bond donors (Lipinski definition) is 0. The Morgan fingerprint density at radius 2 is 2.35 bits per heavy atom. The van der Waals surface area contributed by atoms with Crippen molar-refractivity contribution in [1.29, 1.82) is 5.26 Å². The second kappa shape index (κ2) is 5.66. The van der Waals surface area contributed by atoms with Crippen molar-refractivity contribution in [1.82, 2.24) is 4.90 Å². The maximum Gasteiger partial charge on any atom is 0.0672 e. The van der Waals surface area contributed by atoms with Crippen molar-refractivity contribution in [2.24, 2.45) is 11.8 Å². The van der Waals surface area contributed by atoms with Gasteiger partial charge in [-0.25, -0.2) is 0 Å². The van der Waals surface area contributed by atoms with Gasteiger partial charge in [0.15, 0.2) is 0 Å². The van der Waals surface area contributed by atoms with Gasteiger partial charge in [-0.05, 0) is 43.7 Å². The lowest BCUT2D eigenvalue weighted by atomic mass is 9.79. The molecule has 1 saturated carbocycles. The molecule has 17 heavy (non-hydrogen) atoms. The summed E-state index contributed by atoms with van der Waals surface area (Å²) in [7, 11) is 2.16. The highest BCUT2D eigenvalue weighted by Gasteiger charge is 2.31. The van der Waals surface area contributed by atoms with E-state index in [1.54, 1.807) is 11.3 Å². The summed E-state index contributed by atoms with van der Waals surface area (Å²) in [5, 5.41) is 11.4. The SMILES string of the molecule is CC1CCC(C#N)C(N(C)Cc2cccs2)C1. The third-order valence-electron chi connectivity index (χ3n) is 3.80. The van der Waals surface area contributed by atoms with Gasteiger partial charge in [0, 0.05) is 17.5 Å². The minimum atomic E-state index is 0.219. The third-order valence-corrected chi connectivity index (χ3v) is 4.66. The van der Waals surface area contributed by atoms with Gasteiger partial charge in [-0.3, -0.25) is 4.90 Å². The summed E-state index contributed by atoms with van der Waals surface area (Å²) in [6.45, 7) is 3.28. The van der Waals surface area contributed by atoms with Gasteiger partial charge in [0.2, 0.25) is 0 Å². The van der Waals surface area contributed by atoms with E-state index in [1.165, 1.54) is 17.7 Å². The van der Waals surface area contributed by atoms with Crippen LogP contribution >= 0.6 is 11.3 Å². The molecule has 1 fully saturated rings. The second-order valence-electron chi connectivity index (χ2n) is 5.22. The van der Waals surface area contributed by atoms with Crippen LogP contribution in [0, 0.1) is 23.2 Å². The number of nitriles is 1. The first kappa shape index (κ1) is 12.6. The Bertz CT molecular complexity index is 379. The molecule has 3 heteroatoms. The van der Waals surface area contributed by atoms with Crippen LogP contribution in [0.5, 0.6) is 0 Å². The van der Waals surface area contributed by atoms with Crippen molar-refractivity contribution in [3.8, 4) is 6.07 Å². The molecule has 0 spiro atoms. The summed E-state index contributed by atoms with van der Waals surface area (Å²) < 4.78 is 0. The molecular formula is C14H20N2S. The normalized spacial score (nSPS) is 29.2. The molecule has 0 N–H and O–H groups in total. The maximum absolute atomic E-state index is 9.25. The summed E-state index contributed by atoms with van der Waals surface area (Å²) in [4.78, 5) is 3.76. The summed E-state index contributed by atoms with van der Waals surface area (Å²) >= 11 is 1.80. The van der Waals surface area contributed by atoms with Gasteiger partial charge in [-0.1, -0.05) is 13.0 Å². The smallest absolute Gasteiger partial charge is 0.0672 e. The lowest BCUT2D eigenvalue weighted by Crippen LogP contribution is -2.41. The molecular weight excluding hydrogens is 228 g/mol. The minimum absolute atomic E-state index is 0.219. The lowest BCUT2D eigenvalue weighted by molar-refractivity contribution is 0.126. The molecule has 1 heterocycles. The predicted molar refractivity (Wildman–Crippen MR) is 71.7 cm³/mol. The molecule has 1 aliphatic carbocycles. The fraction of sp³-hybridized carbons (Fsp3) is 0.643. The topological polar surface area (TPSA) is 27.0 Å². The molecule has 2 nitrogen and oxygen atoms in total. The van der Waals surface area contributed by atoms with Gasteiger partial charge < -0.3 is 0 Å². The maximum atomic E-state index is 9.25. The van der Waals surface area contributed by atoms with E-state index in [0.29, 0.717) is 6.04 Å². The quantitative estimate of drug-likeness (QED) is 0.818. The zero-order valence-electron chi connectivity index (χ0n) is 10.6. The Morgan fingerprint density at radius 3 is 3.00 bits per heavy atom. The monoisotopic (exact) mass is 248 g/mol. The largest absolute Gasteiger partial charge is 0.297 e. The van der Waals surface area contributed by atoms with E-state index in [1.807, 2.05) is 0 Å². The Morgan fingerprint density at radius 1 is 1.53 bits per heavy atom. The summed E-state index contributed by atoms with van der Waals surface area (Å²) in [5.74, 6) is 0.978. The minimum Gasteiger partial charge on any atom is -0.297 e. The number of nitrogens with zero attached hydrogens (tertiary/aromatic N) is 2. The van der Waals surface area contributed by atoms with E-state index < -0.39 is 0 Å². The molecule has 3 unspecified atom stereocenters. The van der Waals surface area contributed by atoms with Crippen molar-refractivity contribution < 1.29 is 0 Å². The second-order valence-corrected chi connectivity index (χ2v) is 6.25. The molecule has 92 valence electrons. The van der Waals surface area contributed by atoms with Crippen molar-refractivity contribution in [2.45, 2.75) is 38.8 Å². The van der Waals surface area contributed by atoms with Gasteiger partial charge in [0.05, 0.1) is 12.0 Å². The van der Waals surface area contributed by atoms with Gasteiger partial charge >= 0.3 is 0 Å². The van der Waals surface area contributed by atoms with Crippen molar-refractivity contribution in [3.63, 3.8) is 0 Å². The zero-order chi connectivity index (χ0) is 12.3. The third kappa shape index (κ3) is 3.08. The number of rotatable bonds is 3. The highest BCUT2D eigenvalue weighted by molar-refractivity contribution is 7.09. The number of thiophene rings is 1. The Balaban J connectivity index is 2.01. The molecule has 0 bridgehead atoms. The van der Waals surface area contributed by atoms with Gasteiger partial charge in [-0.15, -0.1) is 11.3 Å². The molecule has 0 saturated heterocycles. The summed E-state index contributed by atoms with van der Waals surface area (Å²) in [6.07, 6.45) is 3.44. The van der Waals surface area contributed by atoms with E-state index in [0.717, 1.165) is 18.9 Å². The highest BCUT2D eigenvalue weighted by atomic mass is 32.1. The standard InChI is InChI=1S/C14H20N2S/c1-11-5-6-12(9-15)14(8-11)16(2)10-13-4-3-7-17-13/h3-4,7,11-12,14H,5-6,8,10H2,1-2H3. The number of hydrogen-bond acceptors (Lipinski definition) is 3. The van der Waals surface area contributed by atoms with Crippen LogP contribution in [0.25, 0.3) is 0 Å². The van der Waals surface area contributed by atoms with Crippen molar-refractivity contribution in [2.75, 3.05) is 7.05 Å².